The lowest BCUT2D eigenvalue weighted by atomic mass is 10.1. The number of benzene rings is 2. The summed E-state index contributed by atoms with van der Waals surface area (Å²) in [7, 11) is 0. The van der Waals surface area contributed by atoms with E-state index in [0.29, 0.717) is 52.3 Å². The van der Waals surface area contributed by atoms with Crippen LogP contribution in [0.25, 0.3) is 22.3 Å². The number of aromatic nitrogens is 4. The van der Waals surface area contributed by atoms with Gasteiger partial charge in [-0.3, -0.25) is 4.79 Å². The second-order valence-electron chi connectivity index (χ2n) is 8.78. The molecule has 9 nitrogen and oxygen atoms in total. The zero-order valence-corrected chi connectivity index (χ0v) is 20.0. The topological polar surface area (TPSA) is 123 Å². The molecule has 4 aromatic rings. The van der Waals surface area contributed by atoms with Crippen molar-refractivity contribution in [3.63, 3.8) is 0 Å². The van der Waals surface area contributed by atoms with Crippen molar-refractivity contribution in [2.75, 3.05) is 18.8 Å². The highest BCUT2D eigenvalue weighted by Gasteiger charge is 2.28. The fourth-order valence-corrected chi connectivity index (χ4v) is 4.61. The number of nitrogens with two attached hydrogens (primary N) is 1. The predicted octanol–water partition coefficient (Wildman–Crippen LogP) is 4.01. The second kappa shape index (κ2) is 10.1. The van der Waals surface area contributed by atoms with Crippen LogP contribution in [-0.2, 0) is 11.4 Å². The van der Waals surface area contributed by atoms with Crippen LogP contribution in [0.15, 0.2) is 61.4 Å². The van der Waals surface area contributed by atoms with E-state index in [0.717, 1.165) is 12.8 Å². The van der Waals surface area contributed by atoms with Crippen LogP contribution in [0.4, 0.5) is 10.2 Å². The Bertz CT molecular complexity index is 1540. The van der Waals surface area contributed by atoms with Crippen molar-refractivity contribution >= 4 is 22.8 Å². The molecule has 186 valence electrons. The summed E-state index contributed by atoms with van der Waals surface area (Å²) in [5.41, 5.74) is 8.95. The maximum atomic E-state index is 13.5. The average Bonchev–Trinajstić information content (AvgIpc) is 3.32. The number of carbonyl (C=O) groups excluding carboxylic acids is 1. The number of fused-ring (bicyclic) bond motifs is 1. The maximum Gasteiger partial charge on any atom is 0.246 e. The minimum Gasteiger partial charge on any atom is -0.488 e. The number of halogens is 1. The highest BCUT2D eigenvalue weighted by molar-refractivity contribution is 5.98. The third-order valence-corrected chi connectivity index (χ3v) is 6.40. The Kier molecular flexibility index (Phi) is 6.51. The predicted molar refractivity (Wildman–Crippen MR) is 136 cm³/mol. The van der Waals surface area contributed by atoms with Crippen LogP contribution in [0.1, 0.15) is 30.0 Å². The SMILES string of the molecule is C=CC(=O)N1CCC[C@@H](n2nc(-c3ccc(OCc4cccc(F)c4)c(C#N)c3)c3c(N)ncnc32)C1. The quantitative estimate of drug-likeness (QED) is 0.399. The largest absolute Gasteiger partial charge is 0.488 e. The molecule has 37 heavy (non-hydrogen) atoms. The Labute approximate surface area is 212 Å². The van der Waals surface area contributed by atoms with Crippen molar-refractivity contribution in [3.05, 3.63) is 78.4 Å². The number of nitrogens with zero attached hydrogens (tertiary/aromatic N) is 6. The zero-order valence-electron chi connectivity index (χ0n) is 20.0. The number of anilines is 1. The summed E-state index contributed by atoms with van der Waals surface area (Å²) >= 11 is 0. The first-order valence-corrected chi connectivity index (χ1v) is 11.8. The number of ether oxygens (including phenoxy) is 1. The third kappa shape index (κ3) is 4.71. The Morgan fingerprint density at radius 2 is 2.16 bits per heavy atom. The van der Waals surface area contributed by atoms with Crippen molar-refractivity contribution in [1.82, 2.24) is 24.6 Å². The second-order valence-corrected chi connectivity index (χ2v) is 8.78. The van der Waals surface area contributed by atoms with Crippen molar-refractivity contribution in [3.8, 4) is 23.1 Å². The van der Waals surface area contributed by atoms with Crippen molar-refractivity contribution in [2.24, 2.45) is 0 Å². The molecule has 10 heteroatoms. The van der Waals surface area contributed by atoms with Crippen molar-refractivity contribution in [2.45, 2.75) is 25.5 Å². The van der Waals surface area contributed by atoms with Gasteiger partial charge < -0.3 is 15.4 Å². The highest BCUT2D eigenvalue weighted by atomic mass is 19.1. The van der Waals surface area contributed by atoms with Gasteiger partial charge in [-0.1, -0.05) is 18.7 Å². The van der Waals surface area contributed by atoms with Crippen LogP contribution in [0.2, 0.25) is 0 Å². The Morgan fingerprint density at radius 3 is 2.95 bits per heavy atom. The maximum absolute atomic E-state index is 13.5. The molecule has 0 saturated carbocycles. The van der Waals surface area contributed by atoms with Gasteiger partial charge >= 0.3 is 0 Å². The molecule has 0 aliphatic carbocycles. The molecule has 1 aliphatic heterocycles. The van der Waals surface area contributed by atoms with Gasteiger partial charge in [0.15, 0.2) is 5.65 Å². The monoisotopic (exact) mass is 497 g/mol. The first kappa shape index (κ1) is 23.9. The lowest BCUT2D eigenvalue weighted by Crippen LogP contribution is -2.40. The zero-order chi connectivity index (χ0) is 25.9. The first-order chi connectivity index (χ1) is 18.0. The summed E-state index contributed by atoms with van der Waals surface area (Å²) in [6.45, 7) is 4.84. The first-order valence-electron chi connectivity index (χ1n) is 11.8. The Hall–Kier alpha value is -4.78. The third-order valence-electron chi connectivity index (χ3n) is 6.40. The van der Waals surface area contributed by atoms with Crippen LogP contribution in [0, 0.1) is 17.1 Å². The molecule has 2 aromatic carbocycles. The summed E-state index contributed by atoms with van der Waals surface area (Å²) < 4.78 is 21.1. The van der Waals surface area contributed by atoms with E-state index in [4.69, 9.17) is 15.6 Å². The van der Waals surface area contributed by atoms with Crippen LogP contribution < -0.4 is 10.5 Å². The smallest absolute Gasteiger partial charge is 0.246 e. The molecule has 1 amide bonds. The number of amides is 1. The van der Waals surface area contributed by atoms with Gasteiger partial charge in [0.2, 0.25) is 5.91 Å². The molecule has 1 aliphatic rings. The number of hydrogen-bond donors (Lipinski definition) is 1. The Morgan fingerprint density at radius 1 is 1.30 bits per heavy atom. The average molecular weight is 498 g/mol. The van der Waals surface area contributed by atoms with Crippen LogP contribution in [-0.4, -0.2) is 43.6 Å². The van der Waals surface area contributed by atoms with Crippen molar-refractivity contribution < 1.29 is 13.9 Å². The number of likely N-dealkylation sites (tertiary alicyclic amines) is 1. The molecule has 1 saturated heterocycles. The molecule has 0 spiro atoms. The molecule has 0 unspecified atom stereocenters. The molecule has 2 aromatic heterocycles. The van der Waals surface area contributed by atoms with Gasteiger partial charge in [-0.05, 0) is 54.8 Å². The van der Waals surface area contributed by atoms with E-state index in [9.17, 15) is 14.4 Å². The number of nitrogen functional groups attached to an aromatic ring is 1. The van der Waals surface area contributed by atoms with Gasteiger partial charge in [-0.25, -0.2) is 19.0 Å². The van der Waals surface area contributed by atoms with E-state index in [-0.39, 0.29) is 30.2 Å². The molecule has 3 heterocycles. The van der Waals surface area contributed by atoms with Gasteiger partial charge in [-0.2, -0.15) is 10.4 Å². The summed E-state index contributed by atoms with van der Waals surface area (Å²) in [5, 5.41) is 15.2. The highest BCUT2D eigenvalue weighted by Crippen LogP contribution is 2.35. The molecule has 1 atom stereocenters. The van der Waals surface area contributed by atoms with E-state index in [1.54, 1.807) is 39.9 Å². The summed E-state index contributed by atoms with van der Waals surface area (Å²) in [5.74, 6) is 0.164. The van der Waals surface area contributed by atoms with Gasteiger partial charge in [0.05, 0.1) is 17.0 Å². The molecular formula is C27H24FN7O2. The van der Waals surface area contributed by atoms with E-state index in [2.05, 4.69) is 22.6 Å². The summed E-state index contributed by atoms with van der Waals surface area (Å²) in [4.78, 5) is 22.6. The minimum atomic E-state index is -0.353. The van der Waals surface area contributed by atoms with E-state index in [1.807, 2.05) is 0 Å². The van der Waals surface area contributed by atoms with E-state index >= 15 is 0 Å². The van der Waals surface area contributed by atoms with E-state index in [1.165, 1.54) is 24.5 Å². The number of rotatable bonds is 6. The molecule has 0 radical (unpaired) electrons. The molecule has 1 fully saturated rings. The number of carbonyl (C=O) groups is 1. The fourth-order valence-electron chi connectivity index (χ4n) is 4.61. The van der Waals surface area contributed by atoms with Crippen LogP contribution in [0.5, 0.6) is 5.75 Å². The molecular weight excluding hydrogens is 473 g/mol. The lowest BCUT2D eigenvalue weighted by molar-refractivity contribution is -0.127. The minimum absolute atomic E-state index is 0.104. The lowest BCUT2D eigenvalue weighted by Gasteiger charge is -2.32. The van der Waals surface area contributed by atoms with Gasteiger partial charge in [0.25, 0.3) is 0 Å². The summed E-state index contributed by atoms with van der Waals surface area (Å²) in [6, 6.07) is 13.3. The number of piperidine rings is 1. The van der Waals surface area contributed by atoms with Gasteiger partial charge in [-0.15, -0.1) is 0 Å². The standard InChI is InChI=1S/C27H24FN7O2/c1-2-23(36)34-10-4-7-21(14-34)35-27-24(26(30)31-16-32-27)25(33-35)18-8-9-22(19(12-18)13-29)37-15-17-5-3-6-20(28)11-17/h2-3,5-6,8-9,11-12,16,21H,1,4,7,10,14-15H2,(H2,30,31,32)/t21-/m1/s1. The van der Waals surface area contributed by atoms with E-state index < -0.39 is 0 Å². The fraction of sp³-hybridized carbons (Fsp3) is 0.222. The van der Waals surface area contributed by atoms with Gasteiger partial charge in [0.1, 0.15) is 42.1 Å². The van der Waals surface area contributed by atoms with Crippen LogP contribution in [0.3, 0.4) is 0 Å². The van der Waals surface area contributed by atoms with Crippen molar-refractivity contribution in [1.29, 1.82) is 5.26 Å². The Balaban J connectivity index is 1.50. The van der Waals surface area contributed by atoms with Gasteiger partial charge in [0, 0.05) is 18.7 Å². The number of hydrogen-bond acceptors (Lipinski definition) is 7. The normalized spacial score (nSPS) is 15.4. The number of nitriles is 1. The molecule has 5 rings (SSSR count). The summed E-state index contributed by atoms with van der Waals surface area (Å²) in [6.07, 6.45) is 4.34. The molecule has 2 N–H and O–H groups in total. The molecule has 0 bridgehead atoms. The van der Waals surface area contributed by atoms with Crippen LogP contribution >= 0.6 is 0 Å².